The van der Waals surface area contributed by atoms with Crippen LogP contribution in [0.2, 0.25) is 0 Å². The van der Waals surface area contributed by atoms with Crippen LogP contribution in [-0.2, 0) is 14.3 Å². The zero-order chi connectivity index (χ0) is 18.7. The molecule has 1 aromatic rings. The molecule has 5 nitrogen and oxygen atoms in total. The van der Waals surface area contributed by atoms with Gasteiger partial charge in [-0.3, -0.25) is 0 Å². The van der Waals surface area contributed by atoms with Crippen LogP contribution in [0, 0.1) is 0 Å². The summed E-state index contributed by atoms with van der Waals surface area (Å²) in [6.45, 7) is 8.18. The maximum atomic E-state index is 11.8. The highest BCUT2D eigenvalue weighted by Gasteiger charge is 2.15. The van der Waals surface area contributed by atoms with Gasteiger partial charge in [0.1, 0.15) is 5.60 Å². The average Bonchev–Trinajstić information content (AvgIpc) is 2.53. The number of benzene rings is 1. The van der Waals surface area contributed by atoms with Crippen LogP contribution < -0.4 is 5.32 Å². The molecule has 0 aliphatic rings. The summed E-state index contributed by atoms with van der Waals surface area (Å²) in [4.78, 5) is 23.4. The highest BCUT2D eigenvalue weighted by Crippen LogP contribution is 2.20. The van der Waals surface area contributed by atoms with E-state index >= 15 is 0 Å². The van der Waals surface area contributed by atoms with Crippen molar-refractivity contribution in [1.29, 1.82) is 0 Å². The Morgan fingerprint density at radius 1 is 1.12 bits per heavy atom. The summed E-state index contributed by atoms with van der Waals surface area (Å²) < 4.78 is 10.2. The van der Waals surface area contributed by atoms with Crippen LogP contribution in [0.1, 0.15) is 52.5 Å². The lowest BCUT2D eigenvalue weighted by molar-refractivity contribution is -0.137. The molecule has 0 saturated carbocycles. The largest absolute Gasteiger partial charge is 0.463 e. The highest BCUT2D eigenvalue weighted by atomic mass is 16.6. The minimum atomic E-state index is -0.493. The first-order chi connectivity index (χ1) is 11.8. The van der Waals surface area contributed by atoms with Gasteiger partial charge in [0.15, 0.2) is 0 Å². The van der Waals surface area contributed by atoms with Gasteiger partial charge >= 0.3 is 12.1 Å². The van der Waals surface area contributed by atoms with Gasteiger partial charge in [0, 0.05) is 12.6 Å². The minimum absolute atomic E-state index is 0.326. The molecule has 0 aromatic heterocycles. The molecular weight excluding hydrogens is 318 g/mol. The fourth-order valence-electron chi connectivity index (χ4n) is 2.22. The SMILES string of the molecule is CCOC(=O)C=C(CCCCNC(=O)OC(C)(C)C)c1ccccc1. The van der Waals surface area contributed by atoms with Gasteiger partial charge in [-0.25, -0.2) is 9.59 Å². The zero-order valence-electron chi connectivity index (χ0n) is 15.6. The molecule has 0 heterocycles. The van der Waals surface area contributed by atoms with Crippen LogP contribution in [0.4, 0.5) is 4.79 Å². The van der Waals surface area contributed by atoms with E-state index in [0.29, 0.717) is 13.2 Å². The van der Waals surface area contributed by atoms with Gasteiger partial charge in [0.05, 0.1) is 6.61 Å². The number of nitrogens with one attached hydrogen (secondary N) is 1. The van der Waals surface area contributed by atoms with Crippen molar-refractivity contribution < 1.29 is 19.1 Å². The Hall–Kier alpha value is -2.30. The first-order valence-corrected chi connectivity index (χ1v) is 8.71. The number of allylic oxidation sites excluding steroid dienone is 1. The molecule has 5 heteroatoms. The molecule has 1 N–H and O–H groups in total. The zero-order valence-corrected chi connectivity index (χ0v) is 15.6. The third-order valence-corrected chi connectivity index (χ3v) is 3.26. The van der Waals surface area contributed by atoms with Crippen molar-refractivity contribution in [3.63, 3.8) is 0 Å². The number of carbonyl (C=O) groups excluding carboxylic acids is 2. The topological polar surface area (TPSA) is 64.6 Å². The van der Waals surface area contributed by atoms with Gasteiger partial charge in [0.2, 0.25) is 0 Å². The van der Waals surface area contributed by atoms with Gasteiger partial charge in [-0.15, -0.1) is 0 Å². The van der Waals surface area contributed by atoms with Crippen molar-refractivity contribution in [3.05, 3.63) is 42.0 Å². The number of alkyl carbamates (subject to hydrolysis) is 1. The molecule has 0 fully saturated rings. The van der Waals surface area contributed by atoms with Crippen LogP contribution in [0.5, 0.6) is 0 Å². The van der Waals surface area contributed by atoms with E-state index < -0.39 is 11.7 Å². The maximum absolute atomic E-state index is 11.8. The van der Waals surface area contributed by atoms with Crippen LogP contribution in [0.15, 0.2) is 36.4 Å². The standard InChI is InChI=1S/C20H29NO4/c1-5-24-18(22)15-17(16-11-7-6-8-12-16)13-9-10-14-21-19(23)25-20(2,3)4/h6-8,11-12,15H,5,9-10,13-14H2,1-4H3,(H,21,23). The molecule has 0 saturated heterocycles. The third kappa shape index (κ3) is 9.55. The normalized spacial score (nSPS) is 11.8. The molecule has 0 bridgehead atoms. The summed E-state index contributed by atoms with van der Waals surface area (Å²) in [6, 6.07) is 9.78. The number of hydrogen-bond acceptors (Lipinski definition) is 4. The first-order valence-electron chi connectivity index (χ1n) is 8.71. The van der Waals surface area contributed by atoms with E-state index in [4.69, 9.17) is 9.47 Å². The van der Waals surface area contributed by atoms with Gasteiger partial charge in [-0.1, -0.05) is 30.3 Å². The van der Waals surface area contributed by atoms with E-state index in [9.17, 15) is 9.59 Å². The smallest absolute Gasteiger partial charge is 0.407 e. The number of unbranched alkanes of at least 4 members (excludes halogenated alkanes) is 1. The van der Waals surface area contributed by atoms with Crippen molar-refractivity contribution in [2.45, 2.75) is 52.6 Å². The Balaban J connectivity index is 2.49. The highest BCUT2D eigenvalue weighted by molar-refractivity contribution is 5.91. The predicted molar refractivity (Wildman–Crippen MR) is 99.1 cm³/mol. The van der Waals surface area contributed by atoms with Gasteiger partial charge in [-0.2, -0.15) is 0 Å². The molecule has 0 atom stereocenters. The van der Waals surface area contributed by atoms with Crippen molar-refractivity contribution in [1.82, 2.24) is 5.32 Å². The summed E-state index contributed by atoms with van der Waals surface area (Å²) in [5.41, 5.74) is 1.46. The Kier molecular flexibility index (Phi) is 8.75. The number of esters is 1. The molecule has 0 aliphatic carbocycles. The quantitative estimate of drug-likeness (QED) is 0.432. The maximum Gasteiger partial charge on any atom is 0.407 e. The minimum Gasteiger partial charge on any atom is -0.463 e. The molecule has 25 heavy (non-hydrogen) atoms. The number of ether oxygens (including phenoxy) is 2. The molecule has 138 valence electrons. The van der Waals surface area contributed by atoms with E-state index in [-0.39, 0.29) is 5.97 Å². The second kappa shape index (κ2) is 10.5. The molecule has 0 aliphatic heterocycles. The van der Waals surface area contributed by atoms with Crippen LogP contribution in [-0.4, -0.2) is 30.8 Å². The van der Waals surface area contributed by atoms with Crippen molar-refractivity contribution >= 4 is 17.6 Å². The summed E-state index contributed by atoms with van der Waals surface area (Å²) in [5, 5.41) is 2.74. The lowest BCUT2D eigenvalue weighted by Gasteiger charge is -2.19. The Morgan fingerprint density at radius 3 is 2.40 bits per heavy atom. The number of rotatable bonds is 8. The fourth-order valence-corrected chi connectivity index (χ4v) is 2.22. The number of amides is 1. The molecule has 0 unspecified atom stereocenters. The van der Waals surface area contributed by atoms with Gasteiger partial charge < -0.3 is 14.8 Å². The second-order valence-corrected chi connectivity index (χ2v) is 6.67. The summed E-state index contributed by atoms with van der Waals surface area (Å²) in [6.07, 6.45) is 3.53. The van der Waals surface area contributed by atoms with Crippen LogP contribution in [0.25, 0.3) is 5.57 Å². The average molecular weight is 347 g/mol. The molecule has 0 radical (unpaired) electrons. The Morgan fingerprint density at radius 2 is 1.80 bits per heavy atom. The third-order valence-electron chi connectivity index (χ3n) is 3.26. The van der Waals surface area contributed by atoms with Gasteiger partial charge in [-0.05, 0) is 58.1 Å². The number of carbonyl (C=O) groups is 2. The Labute approximate surface area is 150 Å². The van der Waals surface area contributed by atoms with Crippen molar-refractivity contribution in [2.75, 3.05) is 13.2 Å². The first kappa shape index (κ1) is 20.7. The van der Waals surface area contributed by atoms with Gasteiger partial charge in [0.25, 0.3) is 0 Å². The van der Waals surface area contributed by atoms with Crippen LogP contribution >= 0.6 is 0 Å². The predicted octanol–water partition coefficient (Wildman–Crippen LogP) is 4.33. The molecule has 1 amide bonds. The van der Waals surface area contributed by atoms with Crippen LogP contribution in [0.3, 0.4) is 0 Å². The molecular formula is C20H29NO4. The lowest BCUT2D eigenvalue weighted by atomic mass is 10.00. The monoisotopic (exact) mass is 347 g/mol. The molecule has 0 spiro atoms. The van der Waals surface area contributed by atoms with E-state index in [1.54, 1.807) is 13.0 Å². The van der Waals surface area contributed by atoms with Crippen molar-refractivity contribution in [2.24, 2.45) is 0 Å². The lowest BCUT2D eigenvalue weighted by Crippen LogP contribution is -2.32. The van der Waals surface area contributed by atoms with Crippen molar-refractivity contribution in [3.8, 4) is 0 Å². The summed E-state index contributed by atoms with van der Waals surface area (Å²) in [5.74, 6) is -0.326. The summed E-state index contributed by atoms with van der Waals surface area (Å²) >= 11 is 0. The van der Waals surface area contributed by atoms with E-state index in [2.05, 4.69) is 5.32 Å². The molecule has 1 aromatic carbocycles. The fraction of sp³-hybridized carbons (Fsp3) is 0.500. The number of hydrogen-bond donors (Lipinski definition) is 1. The van der Waals surface area contributed by atoms with E-state index in [0.717, 1.165) is 30.4 Å². The summed E-state index contributed by atoms with van der Waals surface area (Å²) in [7, 11) is 0. The Bertz CT molecular complexity index is 573. The van der Waals surface area contributed by atoms with E-state index in [1.807, 2.05) is 51.1 Å². The van der Waals surface area contributed by atoms with E-state index in [1.165, 1.54) is 0 Å². The molecule has 1 rings (SSSR count). The second-order valence-electron chi connectivity index (χ2n) is 6.67.